The van der Waals surface area contributed by atoms with Crippen LogP contribution in [0.1, 0.15) is 42.1 Å². The van der Waals surface area contributed by atoms with E-state index in [4.69, 9.17) is 0 Å². The van der Waals surface area contributed by atoms with Crippen molar-refractivity contribution in [3.05, 3.63) is 16.4 Å². The van der Waals surface area contributed by atoms with Crippen LogP contribution < -0.4 is 5.32 Å². The number of aromatic nitrogens is 5. The summed E-state index contributed by atoms with van der Waals surface area (Å²) in [6.45, 7) is 1.91. The first-order valence-corrected chi connectivity index (χ1v) is 7.68. The van der Waals surface area contributed by atoms with Crippen molar-refractivity contribution >= 4 is 22.4 Å². The predicted molar refractivity (Wildman–Crippen MR) is 75.8 cm³/mol. The number of amides is 1. The van der Waals surface area contributed by atoms with Gasteiger partial charge < -0.3 is 5.11 Å². The van der Waals surface area contributed by atoms with Crippen LogP contribution in [0.4, 0.5) is 5.13 Å². The van der Waals surface area contributed by atoms with Crippen molar-refractivity contribution in [2.75, 3.05) is 5.32 Å². The Labute approximate surface area is 125 Å². The van der Waals surface area contributed by atoms with E-state index in [1.807, 2.05) is 6.92 Å². The number of hydrogen-bond donors (Lipinski definition) is 2. The monoisotopic (exact) mass is 308 g/mol. The summed E-state index contributed by atoms with van der Waals surface area (Å²) in [6, 6.07) is 0. The van der Waals surface area contributed by atoms with Gasteiger partial charge in [-0.2, -0.15) is 0 Å². The molecule has 0 radical (unpaired) electrons. The molecular weight excluding hydrogens is 292 g/mol. The Kier molecular flexibility index (Phi) is 3.93. The highest BCUT2D eigenvalue weighted by Crippen LogP contribution is 2.41. The molecule has 0 aliphatic heterocycles. The number of aliphatic hydroxyl groups excluding tert-OH is 1. The van der Waals surface area contributed by atoms with E-state index in [2.05, 4.69) is 25.8 Å². The molecular formula is C12H16N6O2S. The summed E-state index contributed by atoms with van der Waals surface area (Å²) in [5.74, 6) is 0.147. The molecule has 2 aromatic rings. The Morgan fingerprint density at radius 1 is 1.43 bits per heavy atom. The Hall–Kier alpha value is -1.87. The number of carbonyl (C=O) groups excluding carboxylic acids is 1. The van der Waals surface area contributed by atoms with Gasteiger partial charge >= 0.3 is 0 Å². The molecule has 0 atom stereocenters. The van der Waals surface area contributed by atoms with Gasteiger partial charge in [-0.05, 0) is 19.3 Å². The minimum Gasteiger partial charge on any atom is -0.390 e. The molecule has 2 N–H and O–H groups in total. The van der Waals surface area contributed by atoms with Crippen LogP contribution in [0.25, 0.3) is 0 Å². The zero-order valence-corrected chi connectivity index (χ0v) is 12.4. The van der Waals surface area contributed by atoms with Crippen molar-refractivity contribution in [3.63, 3.8) is 0 Å². The fourth-order valence-corrected chi connectivity index (χ4v) is 2.83. The van der Waals surface area contributed by atoms with E-state index in [0.29, 0.717) is 16.7 Å². The lowest BCUT2D eigenvalue weighted by Gasteiger charge is -2.05. The zero-order chi connectivity index (χ0) is 14.8. The number of rotatable bonds is 6. The lowest BCUT2D eigenvalue weighted by Crippen LogP contribution is -2.21. The number of nitrogens with zero attached hydrogens (tertiary/aromatic N) is 5. The van der Waals surface area contributed by atoms with Crippen LogP contribution in [0, 0.1) is 0 Å². The van der Waals surface area contributed by atoms with E-state index in [1.165, 1.54) is 11.3 Å². The van der Waals surface area contributed by atoms with E-state index in [9.17, 15) is 9.90 Å². The van der Waals surface area contributed by atoms with Crippen molar-refractivity contribution in [1.29, 1.82) is 0 Å². The normalized spacial score (nSPS) is 14.4. The molecule has 8 nitrogen and oxygen atoms in total. The average Bonchev–Trinajstić information content (AvgIpc) is 3.08. The number of hydrogen-bond acceptors (Lipinski definition) is 7. The smallest absolute Gasteiger partial charge is 0.248 e. The van der Waals surface area contributed by atoms with Gasteiger partial charge in [-0.25, -0.2) is 4.68 Å². The minimum absolute atomic E-state index is 0.0693. The molecule has 0 bridgehead atoms. The average molecular weight is 308 g/mol. The van der Waals surface area contributed by atoms with E-state index >= 15 is 0 Å². The molecule has 1 amide bonds. The van der Waals surface area contributed by atoms with Crippen molar-refractivity contribution in [3.8, 4) is 0 Å². The second kappa shape index (κ2) is 5.86. The fraction of sp³-hybridized carbons (Fsp3) is 0.583. The molecule has 3 rings (SSSR count). The van der Waals surface area contributed by atoms with Gasteiger partial charge in [0.05, 0.1) is 12.3 Å². The third-order valence-electron chi connectivity index (χ3n) is 3.27. The summed E-state index contributed by atoms with van der Waals surface area (Å²) in [6.07, 6.45) is 2.90. The molecule has 21 heavy (non-hydrogen) atoms. The van der Waals surface area contributed by atoms with Gasteiger partial charge in [0, 0.05) is 5.92 Å². The Morgan fingerprint density at radius 2 is 2.24 bits per heavy atom. The van der Waals surface area contributed by atoms with Crippen LogP contribution in [0.15, 0.2) is 0 Å². The first-order valence-electron chi connectivity index (χ1n) is 6.86. The summed E-state index contributed by atoms with van der Waals surface area (Å²) in [7, 11) is 0. The minimum atomic E-state index is -0.218. The maximum absolute atomic E-state index is 12.0. The quantitative estimate of drug-likeness (QED) is 0.813. The fourth-order valence-electron chi connectivity index (χ4n) is 2.13. The van der Waals surface area contributed by atoms with Crippen molar-refractivity contribution < 1.29 is 9.90 Å². The third-order valence-corrected chi connectivity index (χ3v) is 4.25. The number of anilines is 1. The summed E-state index contributed by atoms with van der Waals surface area (Å²) >= 11 is 1.36. The summed E-state index contributed by atoms with van der Waals surface area (Å²) < 4.78 is 1.57. The van der Waals surface area contributed by atoms with Crippen molar-refractivity contribution in [2.24, 2.45) is 0 Å². The molecule has 1 aliphatic carbocycles. The first-order chi connectivity index (χ1) is 10.2. The van der Waals surface area contributed by atoms with Crippen LogP contribution in [0.3, 0.4) is 0 Å². The summed E-state index contributed by atoms with van der Waals surface area (Å²) in [5, 5.41) is 29.1. The number of nitrogens with one attached hydrogen (secondary N) is 1. The number of carbonyl (C=O) groups is 1. The van der Waals surface area contributed by atoms with Gasteiger partial charge in [-0.1, -0.05) is 23.5 Å². The van der Waals surface area contributed by atoms with E-state index in [-0.39, 0.29) is 19.1 Å². The van der Waals surface area contributed by atoms with Crippen molar-refractivity contribution in [1.82, 2.24) is 25.2 Å². The van der Waals surface area contributed by atoms with Gasteiger partial charge in [0.15, 0.2) is 0 Å². The molecule has 1 aliphatic rings. The molecule has 0 saturated heterocycles. The maximum Gasteiger partial charge on any atom is 0.248 e. The second-order valence-corrected chi connectivity index (χ2v) is 5.98. The zero-order valence-electron chi connectivity index (χ0n) is 11.6. The topological polar surface area (TPSA) is 106 Å². The Morgan fingerprint density at radius 3 is 2.86 bits per heavy atom. The van der Waals surface area contributed by atoms with Gasteiger partial charge in [0.25, 0.3) is 0 Å². The lowest BCUT2D eigenvalue weighted by atomic mass is 10.2. The highest BCUT2D eigenvalue weighted by atomic mass is 32.1. The predicted octanol–water partition coefficient (Wildman–Crippen LogP) is 0.700. The van der Waals surface area contributed by atoms with Gasteiger partial charge in [0.2, 0.25) is 11.0 Å². The van der Waals surface area contributed by atoms with E-state index < -0.39 is 0 Å². The lowest BCUT2D eigenvalue weighted by molar-refractivity contribution is -0.117. The SMILES string of the molecule is CCc1nnc(NC(=O)Cn2nnc(CO)c2C2CC2)s1. The van der Waals surface area contributed by atoms with Crippen LogP contribution in [0.2, 0.25) is 0 Å². The molecule has 9 heteroatoms. The van der Waals surface area contributed by atoms with E-state index in [0.717, 1.165) is 30.0 Å². The number of aliphatic hydroxyl groups is 1. The Balaban J connectivity index is 1.68. The summed E-state index contributed by atoms with van der Waals surface area (Å²) in [4.78, 5) is 12.0. The highest BCUT2D eigenvalue weighted by Gasteiger charge is 2.31. The second-order valence-electron chi connectivity index (χ2n) is 4.91. The highest BCUT2D eigenvalue weighted by molar-refractivity contribution is 7.15. The van der Waals surface area contributed by atoms with Crippen LogP contribution in [-0.2, 0) is 24.4 Å². The molecule has 1 fully saturated rings. The largest absolute Gasteiger partial charge is 0.390 e. The maximum atomic E-state index is 12.0. The van der Waals surface area contributed by atoms with E-state index in [1.54, 1.807) is 4.68 Å². The molecule has 112 valence electrons. The van der Waals surface area contributed by atoms with Crippen molar-refractivity contribution in [2.45, 2.75) is 45.3 Å². The number of aryl methyl sites for hydroxylation is 1. The van der Waals surface area contributed by atoms with Gasteiger partial charge in [0.1, 0.15) is 17.2 Å². The van der Waals surface area contributed by atoms with Gasteiger partial charge in [-0.15, -0.1) is 15.3 Å². The molecule has 1 saturated carbocycles. The van der Waals surface area contributed by atoms with Crippen LogP contribution in [0.5, 0.6) is 0 Å². The van der Waals surface area contributed by atoms with Crippen LogP contribution >= 0.6 is 11.3 Å². The molecule has 0 unspecified atom stereocenters. The molecule has 0 spiro atoms. The molecule has 0 aromatic carbocycles. The molecule has 2 heterocycles. The van der Waals surface area contributed by atoms with Gasteiger partial charge in [-0.3, -0.25) is 10.1 Å². The molecule has 2 aromatic heterocycles. The van der Waals surface area contributed by atoms with Crippen LogP contribution in [-0.4, -0.2) is 36.2 Å². The first kappa shape index (κ1) is 14.1. The summed E-state index contributed by atoms with van der Waals surface area (Å²) in [5.41, 5.74) is 1.44. The Bertz CT molecular complexity index is 648. The third kappa shape index (κ3) is 3.08. The standard InChI is InChI=1S/C12H16N6O2S/c1-2-10-15-16-12(21-10)13-9(20)5-18-11(7-3-4-7)8(6-19)14-17-18/h7,19H,2-6H2,1H3,(H,13,16,20).